The predicted molar refractivity (Wildman–Crippen MR) is 47.6 cm³/mol. The van der Waals surface area contributed by atoms with Gasteiger partial charge in [-0.25, -0.2) is 9.37 Å². The molecule has 1 N–H and O–H groups in total. The Balaban J connectivity index is 2.72. The van der Waals surface area contributed by atoms with E-state index in [2.05, 4.69) is 9.97 Å². The van der Waals surface area contributed by atoms with E-state index in [1.54, 1.807) is 0 Å². The van der Waals surface area contributed by atoms with Gasteiger partial charge in [-0.05, 0) is 11.6 Å². The third-order valence-corrected chi connectivity index (χ3v) is 1.91. The maximum atomic E-state index is 13.1. The molecule has 13 heavy (non-hydrogen) atoms. The number of benzene rings is 1. The first-order chi connectivity index (χ1) is 6.20. The number of methoxy groups -OCH3 is 1. The largest absolute Gasteiger partial charge is 0.494 e. The number of hydrogen-bond acceptors (Lipinski definition) is 2. The quantitative estimate of drug-likeness (QED) is 0.768. The van der Waals surface area contributed by atoms with E-state index < -0.39 is 5.82 Å². The first-order valence-electron chi connectivity index (χ1n) is 3.59. The topological polar surface area (TPSA) is 37.9 Å². The van der Waals surface area contributed by atoms with E-state index in [0.717, 1.165) is 0 Å². The van der Waals surface area contributed by atoms with Crippen LogP contribution >= 0.6 is 11.6 Å². The number of fused-ring (bicyclic) bond motifs is 1. The van der Waals surface area contributed by atoms with Gasteiger partial charge in [-0.2, -0.15) is 0 Å². The average molecular weight is 201 g/mol. The summed E-state index contributed by atoms with van der Waals surface area (Å²) in [7, 11) is 1.40. The van der Waals surface area contributed by atoms with Crippen LogP contribution in [0.15, 0.2) is 12.1 Å². The van der Waals surface area contributed by atoms with E-state index >= 15 is 0 Å². The predicted octanol–water partition coefficient (Wildman–Crippen LogP) is 2.36. The number of H-pyrrole nitrogens is 1. The van der Waals surface area contributed by atoms with Crippen LogP contribution in [0, 0.1) is 5.82 Å². The Kier molecular flexibility index (Phi) is 1.84. The van der Waals surface area contributed by atoms with Crippen LogP contribution in [-0.2, 0) is 0 Å². The molecule has 0 saturated heterocycles. The second kappa shape index (κ2) is 2.88. The Morgan fingerprint density at radius 3 is 3.00 bits per heavy atom. The van der Waals surface area contributed by atoms with Crippen molar-refractivity contribution >= 4 is 22.6 Å². The molecule has 1 heterocycles. The number of nitrogens with zero attached hydrogens (tertiary/aromatic N) is 1. The lowest BCUT2D eigenvalue weighted by Gasteiger charge is -1.99. The van der Waals surface area contributed by atoms with Crippen LogP contribution in [0.1, 0.15) is 0 Å². The SMILES string of the molecule is COc1cc2nc(Cl)[nH]c2cc1F. The van der Waals surface area contributed by atoms with Gasteiger partial charge in [-0.3, -0.25) is 0 Å². The highest BCUT2D eigenvalue weighted by Gasteiger charge is 2.07. The summed E-state index contributed by atoms with van der Waals surface area (Å²) in [6.45, 7) is 0. The zero-order valence-corrected chi connectivity index (χ0v) is 7.52. The molecule has 3 nitrogen and oxygen atoms in total. The maximum absolute atomic E-state index is 13.1. The van der Waals surface area contributed by atoms with Crippen molar-refractivity contribution in [2.75, 3.05) is 7.11 Å². The number of imidazole rings is 1. The number of ether oxygens (including phenoxy) is 1. The summed E-state index contributed by atoms with van der Waals surface area (Å²) < 4.78 is 17.9. The summed E-state index contributed by atoms with van der Waals surface area (Å²) in [6, 6.07) is 2.79. The summed E-state index contributed by atoms with van der Waals surface area (Å²) in [4.78, 5) is 6.64. The molecule has 0 radical (unpaired) electrons. The normalized spacial score (nSPS) is 10.7. The standard InChI is InChI=1S/C8H6ClFN2O/c1-13-7-3-6-5(2-4(7)10)11-8(9)12-6/h2-3H,1H3,(H,11,12). The second-order valence-corrected chi connectivity index (χ2v) is 2.89. The fourth-order valence-electron chi connectivity index (χ4n) is 1.14. The molecule has 0 aliphatic rings. The Hall–Kier alpha value is -1.29. The lowest BCUT2D eigenvalue weighted by molar-refractivity contribution is 0.387. The number of aromatic amines is 1. The van der Waals surface area contributed by atoms with Gasteiger partial charge in [-0.15, -0.1) is 0 Å². The summed E-state index contributed by atoms with van der Waals surface area (Å²) in [5, 5.41) is 0.239. The van der Waals surface area contributed by atoms with Crippen LogP contribution in [0.3, 0.4) is 0 Å². The summed E-state index contributed by atoms with van der Waals surface area (Å²) in [6.07, 6.45) is 0. The van der Waals surface area contributed by atoms with Gasteiger partial charge in [0.2, 0.25) is 5.28 Å². The van der Waals surface area contributed by atoms with E-state index in [9.17, 15) is 4.39 Å². The smallest absolute Gasteiger partial charge is 0.201 e. The molecule has 0 atom stereocenters. The van der Waals surface area contributed by atoms with Gasteiger partial charge in [0.15, 0.2) is 11.6 Å². The lowest BCUT2D eigenvalue weighted by Crippen LogP contribution is -1.87. The molecule has 0 amide bonds. The molecule has 2 aromatic rings. The molecule has 0 bridgehead atoms. The van der Waals surface area contributed by atoms with Crippen LogP contribution in [0.2, 0.25) is 5.28 Å². The molecule has 0 saturated carbocycles. The molecule has 0 spiro atoms. The van der Waals surface area contributed by atoms with E-state index in [1.165, 1.54) is 19.2 Å². The highest BCUT2D eigenvalue weighted by molar-refractivity contribution is 6.29. The fourth-order valence-corrected chi connectivity index (χ4v) is 1.33. The van der Waals surface area contributed by atoms with Crippen molar-refractivity contribution in [2.24, 2.45) is 0 Å². The molecule has 0 aliphatic heterocycles. The third kappa shape index (κ3) is 1.33. The van der Waals surface area contributed by atoms with Crippen LogP contribution in [-0.4, -0.2) is 17.1 Å². The molecule has 1 aromatic heterocycles. The van der Waals surface area contributed by atoms with Crippen molar-refractivity contribution in [1.29, 1.82) is 0 Å². The number of hydrogen-bond donors (Lipinski definition) is 1. The van der Waals surface area contributed by atoms with Gasteiger partial charge < -0.3 is 9.72 Å². The first-order valence-corrected chi connectivity index (χ1v) is 3.97. The minimum Gasteiger partial charge on any atom is -0.494 e. The first kappa shape index (κ1) is 8.31. The highest BCUT2D eigenvalue weighted by atomic mass is 35.5. The monoisotopic (exact) mass is 200 g/mol. The average Bonchev–Trinajstić information content (AvgIpc) is 2.42. The van der Waals surface area contributed by atoms with Gasteiger partial charge in [-0.1, -0.05) is 0 Å². The molecular formula is C8H6ClFN2O. The van der Waals surface area contributed by atoms with E-state index in [1.807, 2.05) is 0 Å². The van der Waals surface area contributed by atoms with E-state index in [0.29, 0.717) is 11.0 Å². The minimum atomic E-state index is -0.435. The summed E-state index contributed by atoms with van der Waals surface area (Å²) in [5.41, 5.74) is 1.14. The Morgan fingerprint density at radius 2 is 2.31 bits per heavy atom. The molecule has 0 aliphatic carbocycles. The molecular weight excluding hydrogens is 195 g/mol. The molecule has 5 heteroatoms. The van der Waals surface area contributed by atoms with E-state index in [4.69, 9.17) is 16.3 Å². The lowest BCUT2D eigenvalue weighted by atomic mass is 10.3. The molecule has 68 valence electrons. The second-order valence-electron chi connectivity index (χ2n) is 2.53. The number of aromatic nitrogens is 2. The maximum Gasteiger partial charge on any atom is 0.201 e. The number of rotatable bonds is 1. The Morgan fingerprint density at radius 1 is 1.54 bits per heavy atom. The van der Waals surface area contributed by atoms with Gasteiger partial charge in [0.05, 0.1) is 18.1 Å². The van der Waals surface area contributed by atoms with Crippen molar-refractivity contribution in [2.45, 2.75) is 0 Å². The molecule has 0 fully saturated rings. The van der Waals surface area contributed by atoms with Gasteiger partial charge in [0.1, 0.15) is 0 Å². The van der Waals surface area contributed by atoms with Gasteiger partial charge in [0, 0.05) is 12.1 Å². The Bertz CT molecular complexity index is 455. The van der Waals surface area contributed by atoms with Crippen LogP contribution in [0.5, 0.6) is 5.75 Å². The zero-order valence-electron chi connectivity index (χ0n) is 6.77. The van der Waals surface area contributed by atoms with Crippen LogP contribution < -0.4 is 4.74 Å². The van der Waals surface area contributed by atoms with E-state index in [-0.39, 0.29) is 11.0 Å². The van der Waals surface area contributed by atoms with Crippen molar-refractivity contribution in [3.63, 3.8) is 0 Å². The number of nitrogens with one attached hydrogen (secondary N) is 1. The van der Waals surface area contributed by atoms with Gasteiger partial charge >= 0.3 is 0 Å². The summed E-state index contributed by atoms with van der Waals surface area (Å²) >= 11 is 5.60. The highest BCUT2D eigenvalue weighted by Crippen LogP contribution is 2.23. The molecule has 2 rings (SSSR count). The van der Waals surface area contributed by atoms with Gasteiger partial charge in [0.25, 0.3) is 0 Å². The molecule has 0 unspecified atom stereocenters. The van der Waals surface area contributed by atoms with Crippen LogP contribution in [0.25, 0.3) is 11.0 Å². The Labute approximate surface area is 78.5 Å². The fraction of sp³-hybridized carbons (Fsp3) is 0.125. The molecule has 1 aromatic carbocycles. The van der Waals surface area contributed by atoms with Crippen molar-refractivity contribution in [3.8, 4) is 5.75 Å². The van der Waals surface area contributed by atoms with Crippen molar-refractivity contribution < 1.29 is 9.13 Å². The van der Waals surface area contributed by atoms with Crippen molar-refractivity contribution in [3.05, 3.63) is 23.2 Å². The zero-order chi connectivity index (χ0) is 9.42. The van der Waals surface area contributed by atoms with Crippen LogP contribution in [0.4, 0.5) is 4.39 Å². The minimum absolute atomic E-state index is 0.163. The summed E-state index contributed by atoms with van der Waals surface area (Å²) in [5.74, 6) is -0.272. The third-order valence-electron chi connectivity index (χ3n) is 1.73. The number of halogens is 2. The van der Waals surface area contributed by atoms with Crippen molar-refractivity contribution in [1.82, 2.24) is 9.97 Å².